The molecule has 1 aromatic rings. The van der Waals surface area contributed by atoms with E-state index in [-0.39, 0.29) is 6.54 Å². The SMILES string of the molecule is CCC(C)(CCN)NS(=O)(=O)c1cccc(C(F)(F)F)c1. The largest absolute Gasteiger partial charge is 0.416 e. The van der Waals surface area contributed by atoms with Gasteiger partial charge >= 0.3 is 6.18 Å². The number of nitrogens with two attached hydrogens (primary N) is 1. The summed E-state index contributed by atoms with van der Waals surface area (Å²) in [6, 6.07) is 3.67. The molecular formula is C13H19F3N2O2S. The fourth-order valence-electron chi connectivity index (χ4n) is 1.84. The molecule has 0 amide bonds. The molecule has 0 radical (unpaired) electrons. The minimum absolute atomic E-state index is 0.273. The fourth-order valence-corrected chi connectivity index (χ4v) is 3.39. The fraction of sp³-hybridized carbons (Fsp3) is 0.538. The summed E-state index contributed by atoms with van der Waals surface area (Å²) in [6.07, 6.45) is -3.72. The number of benzene rings is 1. The van der Waals surface area contributed by atoms with E-state index < -0.39 is 32.2 Å². The first-order chi connectivity index (χ1) is 9.54. The highest BCUT2D eigenvalue weighted by Crippen LogP contribution is 2.30. The van der Waals surface area contributed by atoms with E-state index >= 15 is 0 Å². The van der Waals surface area contributed by atoms with Gasteiger partial charge in [0, 0.05) is 5.54 Å². The maximum Gasteiger partial charge on any atom is 0.416 e. The van der Waals surface area contributed by atoms with E-state index in [1.165, 1.54) is 0 Å². The molecule has 1 atom stereocenters. The maximum atomic E-state index is 12.6. The van der Waals surface area contributed by atoms with Crippen molar-refractivity contribution in [2.45, 2.75) is 43.3 Å². The van der Waals surface area contributed by atoms with E-state index in [0.29, 0.717) is 18.9 Å². The number of halogens is 3. The van der Waals surface area contributed by atoms with Gasteiger partial charge in [0.05, 0.1) is 10.5 Å². The van der Waals surface area contributed by atoms with Gasteiger partial charge in [0.2, 0.25) is 10.0 Å². The molecular weight excluding hydrogens is 305 g/mol. The average molecular weight is 324 g/mol. The Hall–Kier alpha value is -1.12. The van der Waals surface area contributed by atoms with Gasteiger partial charge < -0.3 is 5.73 Å². The number of rotatable bonds is 6. The maximum absolute atomic E-state index is 12.6. The van der Waals surface area contributed by atoms with Gasteiger partial charge in [-0.3, -0.25) is 0 Å². The van der Waals surface area contributed by atoms with Crippen LogP contribution in [0.15, 0.2) is 29.2 Å². The second-order valence-corrected chi connectivity index (χ2v) is 6.77. The summed E-state index contributed by atoms with van der Waals surface area (Å²) in [5.41, 5.74) is 3.66. The normalized spacial score (nSPS) is 15.7. The van der Waals surface area contributed by atoms with Crippen molar-refractivity contribution in [2.24, 2.45) is 5.73 Å². The third-order valence-corrected chi connectivity index (χ3v) is 4.96. The standard InChI is InChI=1S/C13H19F3N2O2S/c1-3-12(2,7-8-17)18-21(19,20)11-6-4-5-10(9-11)13(14,15)16/h4-6,9,18H,3,7-8,17H2,1-2H3. The Labute approximate surface area is 122 Å². The molecule has 0 aliphatic heterocycles. The van der Waals surface area contributed by atoms with Crippen molar-refractivity contribution < 1.29 is 21.6 Å². The van der Waals surface area contributed by atoms with Gasteiger partial charge in [-0.1, -0.05) is 13.0 Å². The summed E-state index contributed by atoms with van der Waals surface area (Å²) < 4.78 is 64.9. The highest BCUT2D eigenvalue weighted by Gasteiger charge is 2.33. The third-order valence-electron chi connectivity index (χ3n) is 3.33. The van der Waals surface area contributed by atoms with Gasteiger partial charge in [0.1, 0.15) is 0 Å². The molecule has 0 spiro atoms. The average Bonchev–Trinajstić information content (AvgIpc) is 2.37. The van der Waals surface area contributed by atoms with Gasteiger partial charge in [0.25, 0.3) is 0 Å². The van der Waals surface area contributed by atoms with Crippen LogP contribution < -0.4 is 10.5 Å². The van der Waals surface area contributed by atoms with Crippen LogP contribution in [0.2, 0.25) is 0 Å². The lowest BCUT2D eigenvalue weighted by Gasteiger charge is -2.28. The topological polar surface area (TPSA) is 72.2 Å². The summed E-state index contributed by atoms with van der Waals surface area (Å²) in [7, 11) is -4.04. The molecule has 120 valence electrons. The Morgan fingerprint density at radius 1 is 1.29 bits per heavy atom. The first kappa shape index (κ1) is 17.9. The zero-order valence-electron chi connectivity index (χ0n) is 11.9. The molecule has 0 aliphatic carbocycles. The summed E-state index contributed by atoms with van der Waals surface area (Å²) in [6.45, 7) is 3.73. The molecule has 0 fully saturated rings. The Kier molecular flexibility index (Phi) is 5.40. The summed E-state index contributed by atoms with van der Waals surface area (Å²) in [4.78, 5) is -0.408. The number of alkyl halides is 3. The Bertz CT molecular complexity index is 587. The molecule has 0 saturated carbocycles. The van der Waals surface area contributed by atoms with Gasteiger partial charge in [-0.05, 0) is 44.5 Å². The molecule has 3 N–H and O–H groups in total. The predicted octanol–water partition coefficient (Wildman–Crippen LogP) is 2.50. The van der Waals surface area contributed by atoms with E-state index in [9.17, 15) is 21.6 Å². The molecule has 0 heterocycles. The van der Waals surface area contributed by atoms with Gasteiger partial charge in [-0.15, -0.1) is 0 Å². The van der Waals surface area contributed by atoms with E-state index in [1.807, 2.05) is 0 Å². The summed E-state index contributed by atoms with van der Waals surface area (Å²) in [5, 5.41) is 0. The number of hydrogen-bond acceptors (Lipinski definition) is 3. The molecule has 0 aromatic heterocycles. The third kappa shape index (κ3) is 4.69. The summed E-state index contributed by atoms with van der Waals surface area (Å²) >= 11 is 0. The van der Waals surface area contributed by atoms with Crippen molar-refractivity contribution in [1.29, 1.82) is 0 Å². The van der Waals surface area contributed by atoms with Crippen molar-refractivity contribution in [1.82, 2.24) is 4.72 Å². The van der Waals surface area contributed by atoms with Crippen molar-refractivity contribution >= 4 is 10.0 Å². The molecule has 0 bridgehead atoms. The molecule has 8 heteroatoms. The lowest BCUT2D eigenvalue weighted by atomic mass is 9.96. The molecule has 1 aromatic carbocycles. The van der Waals surface area contributed by atoms with E-state index in [0.717, 1.165) is 18.2 Å². The molecule has 4 nitrogen and oxygen atoms in total. The first-order valence-electron chi connectivity index (χ1n) is 6.45. The van der Waals surface area contributed by atoms with E-state index in [1.54, 1.807) is 13.8 Å². The lowest BCUT2D eigenvalue weighted by molar-refractivity contribution is -0.137. The van der Waals surface area contributed by atoms with Gasteiger partial charge in [-0.2, -0.15) is 13.2 Å². The number of hydrogen-bond donors (Lipinski definition) is 2. The zero-order valence-corrected chi connectivity index (χ0v) is 12.7. The molecule has 0 saturated heterocycles. The van der Waals surface area contributed by atoms with Crippen molar-refractivity contribution in [3.8, 4) is 0 Å². The highest BCUT2D eigenvalue weighted by atomic mass is 32.2. The van der Waals surface area contributed by atoms with E-state index in [4.69, 9.17) is 5.73 Å². The van der Waals surface area contributed by atoms with Crippen LogP contribution in [0.5, 0.6) is 0 Å². The smallest absolute Gasteiger partial charge is 0.330 e. The predicted molar refractivity (Wildman–Crippen MR) is 74.1 cm³/mol. The van der Waals surface area contributed by atoms with Crippen LogP contribution in [-0.4, -0.2) is 20.5 Å². The van der Waals surface area contributed by atoms with Crippen LogP contribution in [-0.2, 0) is 16.2 Å². The van der Waals surface area contributed by atoms with Crippen LogP contribution in [0.3, 0.4) is 0 Å². The minimum Gasteiger partial charge on any atom is -0.330 e. The number of sulfonamides is 1. The van der Waals surface area contributed by atoms with E-state index in [2.05, 4.69) is 4.72 Å². The first-order valence-corrected chi connectivity index (χ1v) is 7.94. The van der Waals surface area contributed by atoms with Gasteiger partial charge in [0.15, 0.2) is 0 Å². The van der Waals surface area contributed by atoms with Crippen molar-refractivity contribution in [3.63, 3.8) is 0 Å². The summed E-state index contributed by atoms with van der Waals surface area (Å²) in [5.74, 6) is 0. The monoisotopic (exact) mass is 324 g/mol. The molecule has 1 rings (SSSR count). The Balaban J connectivity index is 3.14. The van der Waals surface area contributed by atoms with Crippen LogP contribution in [0.4, 0.5) is 13.2 Å². The Morgan fingerprint density at radius 3 is 2.38 bits per heavy atom. The molecule has 1 unspecified atom stereocenters. The van der Waals surface area contributed by atoms with Crippen LogP contribution in [0.25, 0.3) is 0 Å². The minimum atomic E-state index is -4.59. The van der Waals surface area contributed by atoms with Gasteiger partial charge in [-0.25, -0.2) is 13.1 Å². The van der Waals surface area contributed by atoms with Crippen LogP contribution in [0.1, 0.15) is 32.3 Å². The van der Waals surface area contributed by atoms with Crippen LogP contribution >= 0.6 is 0 Å². The second kappa shape index (κ2) is 6.33. The molecule has 21 heavy (non-hydrogen) atoms. The quantitative estimate of drug-likeness (QED) is 0.844. The van der Waals surface area contributed by atoms with Crippen LogP contribution in [0, 0.1) is 0 Å². The highest BCUT2D eigenvalue weighted by molar-refractivity contribution is 7.89. The van der Waals surface area contributed by atoms with Crippen molar-refractivity contribution in [3.05, 3.63) is 29.8 Å². The molecule has 0 aliphatic rings. The van der Waals surface area contributed by atoms with Crippen molar-refractivity contribution in [2.75, 3.05) is 6.54 Å². The lowest BCUT2D eigenvalue weighted by Crippen LogP contribution is -2.46. The second-order valence-electron chi connectivity index (χ2n) is 5.08. The number of nitrogens with one attached hydrogen (secondary N) is 1. The zero-order chi connectivity index (χ0) is 16.3. The Morgan fingerprint density at radius 2 is 1.90 bits per heavy atom.